The second-order valence-corrected chi connectivity index (χ2v) is 4.77. The van der Waals surface area contributed by atoms with Crippen LogP contribution in [0.3, 0.4) is 0 Å². The van der Waals surface area contributed by atoms with E-state index in [1.807, 2.05) is 30.3 Å². The first-order valence-corrected chi connectivity index (χ1v) is 7.01. The van der Waals surface area contributed by atoms with E-state index in [4.69, 9.17) is 26.4 Å². The van der Waals surface area contributed by atoms with Crippen molar-refractivity contribution in [1.82, 2.24) is 0 Å². The smallest absolute Gasteiger partial charge is 0.203 e. The summed E-state index contributed by atoms with van der Waals surface area (Å²) in [5, 5.41) is 6.67. The molecular weight excluding hydrogens is 300 g/mol. The molecule has 0 heterocycles. The molecule has 0 aliphatic carbocycles. The first-order chi connectivity index (χ1) is 10.7. The van der Waals surface area contributed by atoms with Crippen LogP contribution in [0.4, 0.5) is 11.4 Å². The summed E-state index contributed by atoms with van der Waals surface area (Å²) in [7, 11) is 4.71. The van der Waals surface area contributed by atoms with Crippen LogP contribution in [0.1, 0.15) is 0 Å². The summed E-state index contributed by atoms with van der Waals surface area (Å²) in [6.07, 6.45) is 0. The standard InChI is InChI=1S/C16H18N2O3S/c1-19-13-9-12(10-14(20-2)15(13)21-3)18-16(22)17-11-7-5-4-6-8-11/h4-10H,1-3H3,(H2,17,18,22). The summed E-state index contributed by atoms with van der Waals surface area (Å²) in [5.74, 6) is 1.66. The highest BCUT2D eigenvalue weighted by molar-refractivity contribution is 7.80. The van der Waals surface area contributed by atoms with Crippen molar-refractivity contribution >= 4 is 28.7 Å². The molecule has 2 aromatic rings. The maximum absolute atomic E-state index is 5.31. The van der Waals surface area contributed by atoms with E-state index in [0.29, 0.717) is 22.4 Å². The normalized spacial score (nSPS) is 9.77. The molecule has 2 rings (SSSR count). The molecule has 0 saturated heterocycles. The number of rotatable bonds is 5. The summed E-state index contributed by atoms with van der Waals surface area (Å²) in [4.78, 5) is 0. The summed E-state index contributed by atoms with van der Waals surface area (Å²) in [6.45, 7) is 0. The molecule has 0 aliphatic rings. The molecule has 0 aromatic heterocycles. The SMILES string of the molecule is COc1cc(NC(=S)Nc2ccccc2)cc(OC)c1OC. The summed E-state index contributed by atoms with van der Waals surface area (Å²) in [6, 6.07) is 13.3. The fourth-order valence-corrected chi connectivity index (χ4v) is 2.20. The first kappa shape index (κ1) is 15.9. The third-order valence-electron chi connectivity index (χ3n) is 2.95. The lowest BCUT2D eigenvalue weighted by molar-refractivity contribution is 0.324. The summed E-state index contributed by atoms with van der Waals surface area (Å²) >= 11 is 5.30. The van der Waals surface area contributed by atoms with Crippen molar-refractivity contribution in [2.24, 2.45) is 0 Å². The summed E-state index contributed by atoms with van der Waals surface area (Å²) in [5.41, 5.74) is 1.65. The summed E-state index contributed by atoms with van der Waals surface area (Å²) < 4.78 is 15.9. The van der Waals surface area contributed by atoms with Crippen LogP contribution in [0.15, 0.2) is 42.5 Å². The molecule has 0 bridgehead atoms. The van der Waals surface area contributed by atoms with Gasteiger partial charge in [-0.2, -0.15) is 0 Å². The van der Waals surface area contributed by atoms with Crippen LogP contribution in [-0.4, -0.2) is 26.4 Å². The van der Waals surface area contributed by atoms with Gasteiger partial charge in [0.1, 0.15) is 0 Å². The van der Waals surface area contributed by atoms with Crippen molar-refractivity contribution in [2.45, 2.75) is 0 Å². The molecule has 2 aromatic carbocycles. The van der Waals surface area contributed by atoms with Gasteiger partial charge in [-0.3, -0.25) is 0 Å². The number of para-hydroxylation sites is 1. The highest BCUT2D eigenvalue weighted by Crippen LogP contribution is 2.39. The third-order valence-corrected chi connectivity index (χ3v) is 3.16. The van der Waals surface area contributed by atoms with Gasteiger partial charge in [0.05, 0.1) is 21.3 Å². The van der Waals surface area contributed by atoms with Gasteiger partial charge in [-0.25, -0.2) is 0 Å². The zero-order valence-electron chi connectivity index (χ0n) is 12.7. The van der Waals surface area contributed by atoms with Crippen molar-refractivity contribution < 1.29 is 14.2 Å². The Balaban J connectivity index is 2.17. The fraction of sp³-hybridized carbons (Fsp3) is 0.188. The van der Waals surface area contributed by atoms with Crippen LogP contribution in [0.2, 0.25) is 0 Å². The molecule has 22 heavy (non-hydrogen) atoms. The van der Waals surface area contributed by atoms with E-state index in [2.05, 4.69) is 10.6 Å². The van der Waals surface area contributed by atoms with Crippen LogP contribution in [0, 0.1) is 0 Å². The zero-order valence-corrected chi connectivity index (χ0v) is 13.5. The number of methoxy groups -OCH3 is 3. The number of benzene rings is 2. The highest BCUT2D eigenvalue weighted by atomic mass is 32.1. The quantitative estimate of drug-likeness (QED) is 0.823. The molecule has 0 fully saturated rings. The Labute approximate surface area is 135 Å². The van der Waals surface area contributed by atoms with Crippen molar-refractivity contribution in [1.29, 1.82) is 0 Å². The second kappa shape index (κ2) is 7.51. The van der Waals surface area contributed by atoms with Crippen molar-refractivity contribution in [3.63, 3.8) is 0 Å². The van der Waals surface area contributed by atoms with Crippen molar-refractivity contribution in [3.05, 3.63) is 42.5 Å². The lowest BCUT2D eigenvalue weighted by atomic mass is 10.2. The largest absolute Gasteiger partial charge is 0.493 e. The molecule has 6 heteroatoms. The van der Waals surface area contributed by atoms with Crippen LogP contribution in [-0.2, 0) is 0 Å². The van der Waals surface area contributed by atoms with Crippen LogP contribution >= 0.6 is 12.2 Å². The van der Waals surface area contributed by atoms with Crippen molar-refractivity contribution in [3.8, 4) is 17.2 Å². The predicted octanol–water partition coefficient (Wildman–Crippen LogP) is 3.52. The molecule has 0 spiro atoms. The number of hydrogen-bond acceptors (Lipinski definition) is 4. The molecule has 0 radical (unpaired) electrons. The Morgan fingerprint density at radius 1 is 0.818 bits per heavy atom. The zero-order chi connectivity index (χ0) is 15.9. The molecule has 0 atom stereocenters. The van der Waals surface area contributed by atoms with E-state index in [1.165, 1.54) is 0 Å². The fourth-order valence-electron chi connectivity index (χ4n) is 1.97. The minimum absolute atomic E-state index is 0.473. The number of hydrogen-bond donors (Lipinski definition) is 2. The predicted molar refractivity (Wildman–Crippen MR) is 92.4 cm³/mol. The van der Waals surface area contributed by atoms with E-state index in [0.717, 1.165) is 11.4 Å². The van der Waals surface area contributed by atoms with Gasteiger partial charge >= 0.3 is 0 Å². The number of nitrogens with one attached hydrogen (secondary N) is 2. The minimum atomic E-state index is 0.473. The van der Waals surface area contributed by atoms with Gasteiger partial charge in [0, 0.05) is 23.5 Å². The molecule has 2 N–H and O–H groups in total. The Kier molecular flexibility index (Phi) is 5.43. The van der Waals surface area contributed by atoms with Gasteiger partial charge < -0.3 is 24.8 Å². The van der Waals surface area contributed by atoms with Gasteiger partial charge in [-0.05, 0) is 24.4 Å². The molecule has 0 amide bonds. The third kappa shape index (κ3) is 3.79. The van der Waals surface area contributed by atoms with Gasteiger partial charge in [0.2, 0.25) is 5.75 Å². The monoisotopic (exact) mass is 318 g/mol. The van der Waals surface area contributed by atoms with Gasteiger partial charge in [0.15, 0.2) is 16.6 Å². The molecule has 116 valence electrons. The lowest BCUT2D eigenvalue weighted by Gasteiger charge is -2.16. The first-order valence-electron chi connectivity index (χ1n) is 6.61. The number of thiocarbonyl (C=S) groups is 1. The van der Waals surface area contributed by atoms with Gasteiger partial charge in [-0.1, -0.05) is 18.2 Å². The van der Waals surface area contributed by atoms with Gasteiger partial charge in [-0.15, -0.1) is 0 Å². The maximum Gasteiger partial charge on any atom is 0.203 e. The molecule has 0 unspecified atom stereocenters. The Morgan fingerprint density at radius 2 is 1.36 bits per heavy atom. The Hall–Kier alpha value is -2.47. The van der Waals surface area contributed by atoms with E-state index >= 15 is 0 Å². The van der Waals surface area contributed by atoms with Crippen LogP contribution in [0.25, 0.3) is 0 Å². The topological polar surface area (TPSA) is 51.8 Å². The van der Waals surface area contributed by atoms with Gasteiger partial charge in [0.25, 0.3) is 0 Å². The number of ether oxygens (including phenoxy) is 3. The average molecular weight is 318 g/mol. The van der Waals surface area contributed by atoms with Crippen LogP contribution in [0.5, 0.6) is 17.2 Å². The molecule has 0 aliphatic heterocycles. The second-order valence-electron chi connectivity index (χ2n) is 4.36. The van der Waals surface area contributed by atoms with Crippen molar-refractivity contribution in [2.75, 3.05) is 32.0 Å². The minimum Gasteiger partial charge on any atom is -0.493 e. The highest BCUT2D eigenvalue weighted by Gasteiger charge is 2.13. The number of anilines is 2. The molecule has 5 nitrogen and oxygen atoms in total. The maximum atomic E-state index is 5.31. The van der Waals surface area contributed by atoms with E-state index in [1.54, 1.807) is 33.5 Å². The Morgan fingerprint density at radius 3 is 1.86 bits per heavy atom. The van der Waals surface area contributed by atoms with E-state index in [9.17, 15) is 0 Å². The van der Waals surface area contributed by atoms with E-state index < -0.39 is 0 Å². The van der Waals surface area contributed by atoms with Crippen LogP contribution < -0.4 is 24.8 Å². The molecule has 0 saturated carbocycles. The lowest BCUT2D eigenvalue weighted by Crippen LogP contribution is -2.19. The molecular formula is C16H18N2O3S. The van der Waals surface area contributed by atoms with E-state index in [-0.39, 0.29) is 0 Å². The average Bonchev–Trinajstić information content (AvgIpc) is 2.54. The Bertz CT molecular complexity index is 622.